The van der Waals surface area contributed by atoms with Gasteiger partial charge in [0.15, 0.2) is 0 Å². The van der Waals surface area contributed by atoms with E-state index in [1.165, 1.54) is 0 Å². The molecule has 0 radical (unpaired) electrons. The van der Waals surface area contributed by atoms with E-state index in [-0.39, 0.29) is 24.9 Å². The largest absolute Gasteiger partial charge is 0.396 e. The van der Waals surface area contributed by atoms with Gasteiger partial charge in [-0.2, -0.15) is 0 Å². The van der Waals surface area contributed by atoms with Gasteiger partial charge in [-0.15, -0.1) is 12.4 Å². The molecule has 19 heavy (non-hydrogen) atoms. The molecule has 0 aliphatic carbocycles. The number of hydrogen-bond acceptors (Lipinski definition) is 3. The standard InChI is InChI=1S/C14H20N2O2.ClH/c15-13(12-4-2-1-3-5-12)14(18)16-8-6-11(10-17)7-9-16;/h1-5,11,13,17H,6-10,15H2;1H. The van der Waals surface area contributed by atoms with Crippen molar-refractivity contribution in [3.8, 4) is 0 Å². The van der Waals surface area contributed by atoms with Crippen LogP contribution in [0.4, 0.5) is 0 Å². The highest BCUT2D eigenvalue weighted by atomic mass is 35.5. The molecule has 3 N–H and O–H groups in total. The Morgan fingerprint density at radius 3 is 2.42 bits per heavy atom. The monoisotopic (exact) mass is 284 g/mol. The zero-order chi connectivity index (χ0) is 13.0. The molecule has 1 aromatic carbocycles. The van der Waals surface area contributed by atoms with Crippen molar-refractivity contribution in [2.24, 2.45) is 11.7 Å². The molecule has 1 aromatic rings. The Labute approximate surface area is 120 Å². The molecule has 4 nitrogen and oxygen atoms in total. The summed E-state index contributed by atoms with van der Waals surface area (Å²) in [5, 5.41) is 9.07. The summed E-state index contributed by atoms with van der Waals surface area (Å²) in [4.78, 5) is 14.0. The van der Waals surface area contributed by atoms with E-state index >= 15 is 0 Å². The number of nitrogens with two attached hydrogens (primary N) is 1. The number of hydrogen-bond donors (Lipinski definition) is 2. The number of benzene rings is 1. The lowest BCUT2D eigenvalue weighted by atomic mass is 9.96. The zero-order valence-corrected chi connectivity index (χ0v) is 11.7. The molecule has 0 bridgehead atoms. The van der Waals surface area contributed by atoms with Crippen molar-refractivity contribution >= 4 is 18.3 Å². The Morgan fingerprint density at radius 2 is 1.89 bits per heavy atom. The van der Waals surface area contributed by atoms with Crippen molar-refractivity contribution in [1.82, 2.24) is 4.90 Å². The Bertz CT molecular complexity index is 392. The lowest BCUT2D eigenvalue weighted by Crippen LogP contribution is -2.43. The molecule has 1 aliphatic heterocycles. The number of carbonyl (C=O) groups excluding carboxylic acids is 1. The smallest absolute Gasteiger partial charge is 0.244 e. The zero-order valence-electron chi connectivity index (χ0n) is 10.9. The Morgan fingerprint density at radius 1 is 1.32 bits per heavy atom. The fourth-order valence-corrected chi connectivity index (χ4v) is 2.34. The van der Waals surface area contributed by atoms with Crippen molar-refractivity contribution in [1.29, 1.82) is 0 Å². The van der Waals surface area contributed by atoms with Crippen LogP contribution in [0.3, 0.4) is 0 Å². The first-order valence-corrected chi connectivity index (χ1v) is 6.42. The maximum Gasteiger partial charge on any atom is 0.244 e. The molecule has 106 valence electrons. The van der Waals surface area contributed by atoms with Crippen molar-refractivity contribution in [2.75, 3.05) is 19.7 Å². The quantitative estimate of drug-likeness (QED) is 0.880. The van der Waals surface area contributed by atoms with E-state index in [2.05, 4.69) is 0 Å². The first-order valence-electron chi connectivity index (χ1n) is 6.42. The highest BCUT2D eigenvalue weighted by Gasteiger charge is 2.26. The first-order chi connectivity index (χ1) is 8.72. The van der Waals surface area contributed by atoms with Crippen LogP contribution in [-0.4, -0.2) is 35.6 Å². The molecule has 1 fully saturated rings. The molecule has 2 rings (SSSR count). The molecule has 1 saturated heterocycles. The second-order valence-corrected chi connectivity index (χ2v) is 4.84. The van der Waals surface area contributed by atoms with Crippen LogP contribution in [0.25, 0.3) is 0 Å². The van der Waals surface area contributed by atoms with Gasteiger partial charge in [0.2, 0.25) is 5.91 Å². The number of rotatable bonds is 3. The Kier molecular flexibility index (Phi) is 6.28. The number of aliphatic hydroxyl groups excluding tert-OH is 1. The van der Waals surface area contributed by atoms with Gasteiger partial charge in [0.1, 0.15) is 6.04 Å². The summed E-state index contributed by atoms with van der Waals surface area (Å²) in [5.41, 5.74) is 6.85. The molecule has 0 saturated carbocycles. The van der Waals surface area contributed by atoms with Crippen LogP contribution < -0.4 is 5.73 Å². The maximum absolute atomic E-state index is 12.2. The summed E-state index contributed by atoms with van der Waals surface area (Å²) in [6, 6.07) is 8.87. The van der Waals surface area contributed by atoms with Gasteiger partial charge >= 0.3 is 0 Å². The van der Waals surface area contributed by atoms with E-state index in [1.54, 1.807) is 0 Å². The van der Waals surface area contributed by atoms with Crippen molar-refractivity contribution in [2.45, 2.75) is 18.9 Å². The van der Waals surface area contributed by atoms with Gasteiger partial charge < -0.3 is 15.7 Å². The second kappa shape index (κ2) is 7.48. The molecule has 1 amide bonds. The number of amides is 1. The van der Waals surface area contributed by atoms with Gasteiger partial charge in [-0.1, -0.05) is 30.3 Å². The van der Waals surface area contributed by atoms with Crippen molar-refractivity contribution < 1.29 is 9.90 Å². The van der Waals surface area contributed by atoms with Gasteiger partial charge in [-0.3, -0.25) is 4.79 Å². The van der Waals surface area contributed by atoms with E-state index < -0.39 is 6.04 Å². The fourth-order valence-electron chi connectivity index (χ4n) is 2.34. The summed E-state index contributed by atoms with van der Waals surface area (Å²) in [7, 11) is 0. The molecule has 0 aromatic heterocycles. The van der Waals surface area contributed by atoms with Gasteiger partial charge in [-0.05, 0) is 24.3 Å². The minimum atomic E-state index is -0.572. The molecule has 1 heterocycles. The molecule has 1 unspecified atom stereocenters. The van der Waals surface area contributed by atoms with E-state index in [0.29, 0.717) is 19.0 Å². The summed E-state index contributed by atoms with van der Waals surface area (Å²) < 4.78 is 0. The fraction of sp³-hybridized carbons (Fsp3) is 0.500. The van der Waals surface area contributed by atoms with Gasteiger partial charge in [0, 0.05) is 19.7 Å². The third-order valence-electron chi connectivity index (χ3n) is 3.61. The van der Waals surface area contributed by atoms with Gasteiger partial charge in [0.25, 0.3) is 0 Å². The van der Waals surface area contributed by atoms with Gasteiger partial charge in [0.05, 0.1) is 0 Å². The minimum absolute atomic E-state index is 0. The van der Waals surface area contributed by atoms with Crippen LogP contribution in [0.5, 0.6) is 0 Å². The van der Waals surface area contributed by atoms with Crippen LogP contribution in [0, 0.1) is 5.92 Å². The number of piperidine rings is 1. The first kappa shape index (κ1) is 16.0. The maximum atomic E-state index is 12.2. The summed E-state index contributed by atoms with van der Waals surface area (Å²) in [6.07, 6.45) is 1.73. The van der Waals surface area contributed by atoms with E-state index in [9.17, 15) is 4.79 Å². The third-order valence-corrected chi connectivity index (χ3v) is 3.61. The lowest BCUT2D eigenvalue weighted by molar-refractivity contribution is -0.134. The molecular formula is C14H21ClN2O2. The Hall–Kier alpha value is -1.10. The molecule has 1 aliphatic rings. The summed E-state index contributed by atoms with van der Waals surface area (Å²) >= 11 is 0. The molecule has 1 atom stereocenters. The van der Waals surface area contributed by atoms with Gasteiger partial charge in [-0.25, -0.2) is 0 Å². The number of nitrogens with zero attached hydrogens (tertiary/aromatic N) is 1. The average molecular weight is 285 g/mol. The predicted octanol–water partition coefficient (Wildman–Crippen LogP) is 1.34. The second-order valence-electron chi connectivity index (χ2n) is 4.84. The number of aliphatic hydroxyl groups is 1. The summed E-state index contributed by atoms with van der Waals surface area (Å²) in [5.74, 6) is 0.319. The van der Waals surface area contributed by atoms with E-state index in [0.717, 1.165) is 18.4 Å². The third kappa shape index (κ3) is 3.93. The lowest BCUT2D eigenvalue weighted by Gasteiger charge is -2.32. The average Bonchev–Trinajstić information content (AvgIpc) is 2.47. The van der Waals surface area contributed by atoms with Crippen LogP contribution in [0.15, 0.2) is 30.3 Å². The van der Waals surface area contributed by atoms with Crippen LogP contribution >= 0.6 is 12.4 Å². The van der Waals surface area contributed by atoms with Crippen LogP contribution in [0.1, 0.15) is 24.4 Å². The number of likely N-dealkylation sites (tertiary alicyclic amines) is 1. The summed E-state index contributed by atoms with van der Waals surface area (Å²) in [6.45, 7) is 1.61. The van der Waals surface area contributed by atoms with Crippen molar-refractivity contribution in [3.63, 3.8) is 0 Å². The topological polar surface area (TPSA) is 66.6 Å². The minimum Gasteiger partial charge on any atom is -0.396 e. The highest BCUT2D eigenvalue weighted by molar-refractivity contribution is 5.85. The number of halogens is 1. The van der Waals surface area contributed by atoms with Crippen molar-refractivity contribution in [3.05, 3.63) is 35.9 Å². The predicted molar refractivity (Wildman–Crippen MR) is 77.0 cm³/mol. The van der Waals surface area contributed by atoms with Crippen LogP contribution in [-0.2, 0) is 4.79 Å². The van der Waals surface area contributed by atoms with E-state index in [4.69, 9.17) is 10.8 Å². The molecular weight excluding hydrogens is 264 g/mol. The molecule has 0 spiro atoms. The normalized spacial score (nSPS) is 17.7. The molecule has 5 heteroatoms. The van der Waals surface area contributed by atoms with Crippen LogP contribution in [0.2, 0.25) is 0 Å². The van der Waals surface area contributed by atoms with E-state index in [1.807, 2.05) is 35.2 Å². The highest BCUT2D eigenvalue weighted by Crippen LogP contribution is 2.20. The SMILES string of the molecule is Cl.NC(C(=O)N1CCC(CO)CC1)c1ccccc1. The number of carbonyl (C=O) groups is 1. The Balaban J connectivity index is 0.00000180.